The van der Waals surface area contributed by atoms with Crippen molar-refractivity contribution in [3.05, 3.63) is 0 Å². The predicted molar refractivity (Wildman–Crippen MR) is 42.1 cm³/mol. The molecule has 0 spiro atoms. The number of nitrogens with one attached hydrogen (secondary N) is 1. The van der Waals surface area contributed by atoms with Crippen LogP contribution in [0.3, 0.4) is 0 Å². The van der Waals surface area contributed by atoms with Crippen molar-refractivity contribution in [2.45, 2.75) is 38.8 Å². The highest BCUT2D eigenvalue weighted by Crippen LogP contribution is 2.11. The van der Waals surface area contributed by atoms with Gasteiger partial charge in [0.15, 0.2) is 0 Å². The molecular weight excluding hydrogens is 126 g/mol. The Morgan fingerprint density at radius 1 is 1.60 bits per heavy atom. The van der Waals surface area contributed by atoms with Crippen LogP contribution in [0.15, 0.2) is 0 Å². The minimum atomic E-state index is 0.423. The fourth-order valence-electron chi connectivity index (χ4n) is 1.33. The third-order valence-corrected chi connectivity index (χ3v) is 2.03. The number of hydrogen-bond acceptors (Lipinski definition) is 2. The van der Waals surface area contributed by atoms with Crippen molar-refractivity contribution in [2.75, 3.05) is 13.2 Å². The van der Waals surface area contributed by atoms with E-state index in [0.717, 1.165) is 13.2 Å². The van der Waals surface area contributed by atoms with Crippen LogP contribution < -0.4 is 5.32 Å². The molecule has 0 radical (unpaired) electrons. The van der Waals surface area contributed by atoms with Crippen LogP contribution in [0.4, 0.5) is 0 Å². The van der Waals surface area contributed by atoms with Crippen molar-refractivity contribution in [2.24, 2.45) is 0 Å². The number of rotatable bonds is 3. The van der Waals surface area contributed by atoms with Gasteiger partial charge in [-0.3, -0.25) is 0 Å². The molecule has 1 rings (SSSR count). The molecule has 0 aromatic carbocycles. The van der Waals surface area contributed by atoms with Gasteiger partial charge in [0.1, 0.15) is 0 Å². The summed E-state index contributed by atoms with van der Waals surface area (Å²) in [6.07, 6.45) is 2.82. The van der Waals surface area contributed by atoms with E-state index in [1.54, 1.807) is 0 Å². The summed E-state index contributed by atoms with van der Waals surface area (Å²) in [4.78, 5) is 0. The van der Waals surface area contributed by atoms with E-state index in [0.29, 0.717) is 12.1 Å². The van der Waals surface area contributed by atoms with Crippen LogP contribution in [0.2, 0.25) is 0 Å². The number of hydrogen-bond donors (Lipinski definition) is 1. The van der Waals surface area contributed by atoms with Gasteiger partial charge in [0.2, 0.25) is 0 Å². The van der Waals surface area contributed by atoms with Crippen molar-refractivity contribution in [3.63, 3.8) is 0 Å². The van der Waals surface area contributed by atoms with E-state index in [2.05, 4.69) is 19.2 Å². The van der Waals surface area contributed by atoms with Gasteiger partial charge in [-0.25, -0.2) is 0 Å². The summed E-state index contributed by atoms with van der Waals surface area (Å²) in [5, 5.41) is 3.46. The molecule has 0 aliphatic carbocycles. The zero-order chi connectivity index (χ0) is 7.40. The Morgan fingerprint density at radius 3 is 2.90 bits per heavy atom. The largest absolute Gasteiger partial charge is 0.377 e. The van der Waals surface area contributed by atoms with Gasteiger partial charge in [0.05, 0.1) is 6.10 Å². The fourth-order valence-corrected chi connectivity index (χ4v) is 1.33. The standard InChI is InChI=1S/C8H17NO/c1-3-5-9-8-4-6-10-7(8)2/h7-9H,3-6H2,1-2H3/t7-,8+/m0/s1. The zero-order valence-corrected chi connectivity index (χ0v) is 6.89. The molecule has 2 nitrogen and oxygen atoms in total. The normalized spacial score (nSPS) is 33.0. The molecule has 1 fully saturated rings. The van der Waals surface area contributed by atoms with E-state index in [1.165, 1.54) is 12.8 Å². The Bertz CT molecular complexity index is 95.3. The second kappa shape index (κ2) is 3.94. The molecular formula is C8H17NO. The molecule has 0 amide bonds. The molecule has 1 saturated heterocycles. The summed E-state index contributed by atoms with van der Waals surface area (Å²) in [7, 11) is 0. The van der Waals surface area contributed by atoms with E-state index in [1.807, 2.05) is 0 Å². The minimum Gasteiger partial charge on any atom is -0.377 e. The fraction of sp³-hybridized carbons (Fsp3) is 1.00. The lowest BCUT2D eigenvalue weighted by Gasteiger charge is -2.14. The third kappa shape index (κ3) is 1.96. The zero-order valence-electron chi connectivity index (χ0n) is 6.89. The Morgan fingerprint density at radius 2 is 2.40 bits per heavy atom. The van der Waals surface area contributed by atoms with E-state index in [9.17, 15) is 0 Å². The summed E-state index contributed by atoms with van der Waals surface area (Å²) in [6, 6.07) is 0.611. The summed E-state index contributed by atoms with van der Waals surface area (Å²) >= 11 is 0. The average molecular weight is 143 g/mol. The lowest BCUT2D eigenvalue weighted by molar-refractivity contribution is 0.113. The molecule has 2 heteroatoms. The minimum absolute atomic E-state index is 0.423. The average Bonchev–Trinajstić information content (AvgIpc) is 2.31. The SMILES string of the molecule is CCCN[C@@H]1CCO[C@H]1C. The molecule has 0 aromatic rings. The summed E-state index contributed by atoms with van der Waals surface area (Å²) in [5.41, 5.74) is 0. The topological polar surface area (TPSA) is 21.3 Å². The van der Waals surface area contributed by atoms with Gasteiger partial charge in [0.25, 0.3) is 0 Å². The van der Waals surface area contributed by atoms with Crippen LogP contribution in [0, 0.1) is 0 Å². The predicted octanol–water partition coefficient (Wildman–Crippen LogP) is 1.16. The van der Waals surface area contributed by atoms with Crippen molar-refractivity contribution >= 4 is 0 Å². The molecule has 2 atom stereocenters. The molecule has 0 bridgehead atoms. The summed E-state index contributed by atoms with van der Waals surface area (Å²) < 4.78 is 5.40. The van der Waals surface area contributed by atoms with Gasteiger partial charge in [-0.15, -0.1) is 0 Å². The molecule has 10 heavy (non-hydrogen) atoms. The lowest BCUT2D eigenvalue weighted by Crippen LogP contribution is -2.34. The molecule has 1 aliphatic rings. The maximum absolute atomic E-state index is 5.40. The van der Waals surface area contributed by atoms with Crippen LogP contribution in [0.5, 0.6) is 0 Å². The van der Waals surface area contributed by atoms with Gasteiger partial charge in [-0.05, 0) is 26.3 Å². The van der Waals surface area contributed by atoms with E-state index in [4.69, 9.17) is 4.74 Å². The first-order valence-corrected chi connectivity index (χ1v) is 4.19. The van der Waals surface area contributed by atoms with Crippen LogP contribution in [-0.4, -0.2) is 25.3 Å². The molecule has 0 saturated carbocycles. The second-order valence-corrected chi connectivity index (χ2v) is 2.93. The Hall–Kier alpha value is -0.0800. The van der Waals surface area contributed by atoms with Crippen LogP contribution in [0.25, 0.3) is 0 Å². The molecule has 1 aliphatic heterocycles. The molecule has 1 N–H and O–H groups in total. The summed E-state index contributed by atoms with van der Waals surface area (Å²) in [5.74, 6) is 0. The Kier molecular flexibility index (Phi) is 3.16. The highest BCUT2D eigenvalue weighted by Gasteiger charge is 2.22. The third-order valence-electron chi connectivity index (χ3n) is 2.03. The molecule has 0 unspecified atom stereocenters. The van der Waals surface area contributed by atoms with E-state index in [-0.39, 0.29) is 0 Å². The smallest absolute Gasteiger partial charge is 0.0700 e. The van der Waals surface area contributed by atoms with E-state index < -0.39 is 0 Å². The van der Waals surface area contributed by atoms with Gasteiger partial charge in [-0.2, -0.15) is 0 Å². The van der Waals surface area contributed by atoms with Crippen LogP contribution in [0.1, 0.15) is 26.7 Å². The Labute approximate surface area is 63.0 Å². The van der Waals surface area contributed by atoms with Gasteiger partial charge in [0, 0.05) is 12.6 Å². The quantitative estimate of drug-likeness (QED) is 0.640. The highest BCUT2D eigenvalue weighted by molar-refractivity contribution is 4.78. The van der Waals surface area contributed by atoms with Crippen LogP contribution >= 0.6 is 0 Å². The van der Waals surface area contributed by atoms with Crippen molar-refractivity contribution in [1.29, 1.82) is 0 Å². The maximum Gasteiger partial charge on any atom is 0.0700 e. The van der Waals surface area contributed by atoms with Crippen molar-refractivity contribution in [1.82, 2.24) is 5.32 Å². The Balaban J connectivity index is 2.14. The lowest BCUT2D eigenvalue weighted by atomic mass is 10.1. The molecule has 60 valence electrons. The number of ether oxygens (including phenoxy) is 1. The highest BCUT2D eigenvalue weighted by atomic mass is 16.5. The molecule has 1 heterocycles. The first-order valence-electron chi connectivity index (χ1n) is 4.19. The van der Waals surface area contributed by atoms with Gasteiger partial charge < -0.3 is 10.1 Å². The van der Waals surface area contributed by atoms with Crippen molar-refractivity contribution in [3.8, 4) is 0 Å². The van der Waals surface area contributed by atoms with Gasteiger partial charge >= 0.3 is 0 Å². The monoisotopic (exact) mass is 143 g/mol. The maximum atomic E-state index is 5.40. The first kappa shape index (κ1) is 8.02. The second-order valence-electron chi connectivity index (χ2n) is 2.93. The first-order chi connectivity index (χ1) is 4.84. The van der Waals surface area contributed by atoms with Gasteiger partial charge in [-0.1, -0.05) is 6.92 Å². The van der Waals surface area contributed by atoms with Crippen LogP contribution in [-0.2, 0) is 4.74 Å². The summed E-state index contributed by atoms with van der Waals surface area (Å²) in [6.45, 7) is 6.38. The van der Waals surface area contributed by atoms with Crippen molar-refractivity contribution < 1.29 is 4.74 Å². The molecule has 0 aromatic heterocycles. The van der Waals surface area contributed by atoms with E-state index >= 15 is 0 Å².